The van der Waals surface area contributed by atoms with Crippen LogP contribution in [-0.4, -0.2) is 36.9 Å². The monoisotopic (exact) mass is 370 g/mol. The number of hydrogen-bond donors (Lipinski definition) is 2. The van der Waals surface area contributed by atoms with E-state index < -0.39 is 6.04 Å². The van der Waals surface area contributed by atoms with E-state index in [9.17, 15) is 14.4 Å². The molecule has 1 atom stereocenters. The second-order valence-electron chi connectivity index (χ2n) is 6.26. The van der Waals surface area contributed by atoms with Gasteiger partial charge in [-0.25, -0.2) is 4.90 Å². The molecule has 0 aromatic heterocycles. The highest BCUT2D eigenvalue weighted by molar-refractivity contribution is 6.42. The summed E-state index contributed by atoms with van der Waals surface area (Å²) in [5.74, 6) is -0.897. The van der Waals surface area contributed by atoms with Crippen molar-refractivity contribution in [1.29, 1.82) is 0 Å². The first kappa shape index (κ1) is 17.2. The topological polar surface area (TPSA) is 84.9 Å². The number of halogens is 2. The normalized spacial score (nSPS) is 27.6. The number of piperidine rings is 1. The van der Waals surface area contributed by atoms with Crippen molar-refractivity contribution in [1.82, 2.24) is 0 Å². The third kappa shape index (κ3) is 3.14. The number of carbonyl (C=O) groups excluding carboxylic acids is 3. The van der Waals surface area contributed by atoms with Crippen LogP contribution in [0.3, 0.4) is 0 Å². The SMILES string of the molecule is NC(=O)C1CC[NH+]([C@@H]2CC(=O)N(c3ccc(Cl)c(Cl)c3)C2=O)CC1. The number of imide groups is 1. The predicted molar refractivity (Wildman–Crippen MR) is 90.0 cm³/mol. The number of benzene rings is 1. The van der Waals surface area contributed by atoms with Crippen molar-refractivity contribution in [2.45, 2.75) is 25.3 Å². The van der Waals surface area contributed by atoms with Gasteiger partial charge in [-0.3, -0.25) is 14.4 Å². The average Bonchev–Trinajstić information content (AvgIpc) is 2.85. The lowest BCUT2D eigenvalue weighted by Crippen LogP contribution is -3.17. The van der Waals surface area contributed by atoms with Crippen molar-refractivity contribution in [2.24, 2.45) is 11.7 Å². The smallest absolute Gasteiger partial charge is 0.292 e. The summed E-state index contributed by atoms with van der Waals surface area (Å²) in [5, 5.41) is 0.669. The standard InChI is InChI=1S/C16H17Cl2N3O3/c17-11-2-1-10(7-12(11)18)21-14(22)8-13(16(21)24)20-5-3-9(4-6-20)15(19)23/h1-2,7,9,13H,3-6,8H2,(H2,19,23)/p+1/t13-/m1/s1. The van der Waals surface area contributed by atoms with Gasteiger partial charge in [0.2, 0.25) is 11.8 Å². The molecule has 8 heteroatoms. The quantitative estimate of drug-likeness (QED) is 0.755. The molecule has 1 aromatic rings. The van der Waals surface area contributed by atoms with Crippen molar-refractivity contribution in [3.63, 3.8) is 0 Å². The third-order valence-electron chi connectivity index (χ3n) is 4.83. The molecule has 3 N–H and O–H groups in total. The zero-order valence-corrected chi connectivity index (χ0v) is 14.4. The van der Waals surface area contributed by atoms with E-state index in [1.807, 2.05) is 0 Å². The van der Waals surface area contributed by atoms with Gasteiger partial charge in [-0.1, -0.05) is 23.2 Å². The first-order chi connectivity index (χ1) is 11.4. The molecule has 0 saturated carbocycles. The highest BCUT2D eigenvalue weighted by Gasteiger charge is 2.46. The molecule has 6 nitrogen and oxygen atoms in total. The molecule has 3 amide bonds. The fourth-order valence-electron chi connectivity index (χ4n) is 3.47. The van der Waals surface area contributed by atoms with Crippen LogP contribution in [0.1, 0.15) is 19.3 Å². The van der Waals surface area contributed by atoms with Gasteiger partial charge in [-0.2, -0.15) is 0 Å². The molecule has 0 aliphatic carbocycles. The molecule has 0 spiro atoms. The van der Waals surface area contributed by atoms with E-state index in [1.54, 1.807) is 12.1 Å². The van der Waals surface area contributed by atoms with Crippen LogP contribution in [-0.2, 0) is 14.4 Å². The number of amides is 3. The molecule has 2 aliphatic heterocycles. The summed E-state index contributed by atoms with van der Waals surface area (Å²) >= 11 is 11.9. The average molecular weight is 371 g/mol. The number of nitrogens with zero attached hydrogens (tertiary/aromatic N) is 1. The Morgan fingerprint density at radius 1 is 1.17 bits per heavy atom. The first-order valence-corrected chi connectivity index (χ1v) is 8.60. The minimum Gasteiger partial charge on any atom is -0.369 e. The maximum Gasteiger partial charge on any atom is 0.292 e. The summed E-state index contributed by atoms with van der Waals surface area (Å²) in [6.07, 6.45) is 1.46. The zero-order chi connectivity index (χ0) is 17.4. The van der Waals surface area contributed by atoms with E-state index in [2.05, 4.69) is 0 Å². The highest BCUT2D eigenvalue weighted by Crippen LogP contribution is 2.29. The Kier molecular flexibility index (Phi) is 4.80. The summed E-state index contributed by atoms with van der Waals surface area (Å²) in [4.78, 5) is 38.6. The summed E-state index contributed by atoms with van der Waals surface area (Å²) in [6, 6.07) is 4.29. The van der Waals surface area contributed by atoms with Crippen molar-refractivity contribution >= 4 is 46.6 Å². The second kappa shape index (κ2) is 6.70. The number of quaternary nitrogens is 1. The van der Waals surface area contributed by atoms with Crippen LogP contribution in [0.25, 0.3) is 0 Å². The molecule has 128 valence electrons. The van der Waals surface area contributed by atoms with Gasteiger partial charge in [0.05, 0.1) is 35.2 Å². The number of hydrogen-bond acceptors (Lipinski definition) is 3. The lowest BCUT2D eigenvalue weighted by molar-refractivity contribution is -0.920. The lowest BCUT2D eigenvalue weighted by Gasteiger charge is -2.30. The van der Waals surface area contributed by atoms with Crippen molar-refractivity contribution in [2.75, 3.05) is 18.0 Å². The van der Waals surface area contributed by atoms with E-state index in [0.717, 1.165) is 4.90 Å². The number of nitrogens with two attached hydrogens (primary N) is 1. The summed E-state index contributed by atoms with van der Waals surface area (Å²) in [5.41, 5.74) is 5.78. The largest absolute Gasteiger partial charge is 0.369 e. The van der Waals surface area contributed by atoms with Gasteiger partial charge in [0.1, 0.15) is 0 Å². The number of primary amides is 1. The Morgan fingerprint density at radius 2 is 1.83 bits per heavy atom. The molecule has 2 fully saturated rings. The Hall–Kier alpha value is -1.63. The maximum absolute atomic E-state index is 12.7. The van der Waals surface area contributed by atoms with Gasteiger partial charge >= 0.3 is 0 Å². The molecule has 24 heavy (non-hydrogen) atoms. The van der Waals surface area contributed by atoms with Gasteiger partial charge in [-0.05, 0) is 18.2 Å². The van der Waals surface area contributed by atoms with E-state index in [1.165, 1.54) is 11.0 Å². The van der Waals surface area contributed by atoms with Crippen molar-refractivity contribution in [3.8, 4) is 0 Å². The van der Waals surface area contributed by atoms with Crippen molar-refractivity contribution in [3.05, 3.63) is 28.2 Å². The molecule has 2 heterocycles. The van der Waals surface area contributed by atoms with Gasteiger partial charge in [-0.15, -0.1) is 0 Å². The number of anilines is 1. The Bertz CT molecular complexity index is 702. The van der Waals surface area contributed by atoms with E-state index in [0.29, 0.717) is 41.7 Å². The van der Waals surface area contributed by atoms with Gasteiger partial charge in [0, 0.05) is 18.8 Å². The van der Waals surface area contributed by atoms with E-state index in [-0.39, 0.29) is 30.1 Å². The maximum atomic E-state index is 12.7. The van der Waals surface area contributed by atoms with E-state index >= 15 is 0 Å². The fraction of sp³-hybridized carbons (Fsp3) is 0.438. The molecule has 0 bridgehead atoms. The first-order valence-electron chi connectivity index (χ1n) is 7.84. The predicted octanol–water partition coefficient (Wildman–Crippen LogP) is 0.406. The van der Waals surface area contributed by atoms with Gasteiger partial charge in [0.25, 0.3) is 5.91 Å². The molecule has 3 rings (SSSR count). The van der Waals surface area contributed by atoms with Gasteiger partial charge in [0.15, 0.2) is 6.04 Å². The van der Waals surface area contributed by atoms with Crippen LogP contribution in [0, 0.1) is 5.92 Å². The second-order valence-corrected chi connectivity index (χ2v) is 7.07. The third-order valence-corrected chi connectivity index (χ3v) is 5.57. The summed E-state index contributed by atoms with van der Waals surface area (Å²) in [6.45, 7) is 1.32. The number of nitrogens with one attached hydrogen (secondary N) is 1. The highest BCUT2D eigenvalue weighted by atomic mass is 35.5. The fourth-order valence-corrected chi connectivity index (χ4v) is 3.76. The van der Waals surface area contributed by atoms with Crippen LogP contribution in [0.2, 0.25) is 10.0 Å². The molecule has 2 aliphatic rings. The molecule has 0 radical (unpaired) electrons. The van der Waals surface area contributed by atoms with Crippen LogP contribution in [0.15, 0.2) is 18.2 Å². The lowest BCUT2D eigenvalue weighted by atomic mass is 9.95. The molecular weight excluding hydrogens is 353 g/mol. The number of rotatable bonds is 3. The number of carbonyl (C=O) groups is 3. The Morgan fingerprint density at radius 3 is 2.42 bits per heavy atom. The molecule has 1 aromatic carbocycles. The molecule has 0 unspecified atom stereocenters. The Balaban J connectivity index is 1.75. The molecule has 2 saturated heterocycles. The molecular formula is C16H18Cl2N3O3+. The van der Waals surface area contributed by atoms with Crippen LogP contribution in [0.4, 0.5) is 5.69 Å². The minimum atomic E-state index is -0.416. The zero-order valence-electron chi connectivity index (χ0n) is 12.9. The Labute approximate surface area is 149 Å². The summed E-state index contributed by atoms with van der Waals surface area (Å²) in [7, 11) is 0. The van der Waals surface area contributed by atoms with Crippen LogP contribution < -0.4 is 15.5 Å². The van der Waals surface area contributed by atoms with Crippen LogP contribution >= 0.6 is 23.2 Å². The van der Waals surface area contributed by atoms with E-state index in [4.69, 9.17) is 28.9 Å². The minimum absolute atomic E-state index is 0.132. The van der Waals surface area contributed by atoms with Gasteiger partial charge < -0.3 is 10.6 Å². The van der Waals surface area contributed by atoms with Crippen LogP contribution in [0.5, 0.6) is 0 Å². The summed E-state index contributed by atoms with van der Waals surface area (Å²) < 4.78 is 0. The number of likely N-dealkylation sites (tertiary alicyclic amines) is 1. The van der Waals surface area contributed by atoms with Crippen molar-refractivity contribution < 1.29 is 19.3 Å².